The van der Waals surface area contributed by atoms with E-state index < -0.39 is 0 Å². The largest absolute Gasteiger partial charge is 0.297 e. The summed E-state index contributed by atoms with van der Waals surface area (Å²) in [5.41, 5.74) is 6.66. The number of hydrogen-bond acceptors (Lipinski definition) is 2. The Morgan fingerprint density at radius 1 is 0.741 bits per heavy atom. The van der Waals surface area contributed by atoms with Crippen LogP contribution in [0.1, 0.15) is 22.7 Å². The normalized spacial score (nSPS) is 17.7. The van der Waals surface area contributed by atoms with E-state index in [1.807, 2.05) is 6.07 Å². The molecule has 0 saturated carbocycles. The molecule has 0 bridgehead atoms. The van der Waals surface area contributed by atoms with Crippen molar-refractivity contribution in [3.63, 3.8) is 0 Å². The Kier molecular flexibility index (Phi) is 4.27. The highest BCUT2D eigenvalue weighted by molar-refractivity contribution is 5.78. The molecule has 0 amide bonds. The Bertz CT molecular complexity index is 914. The number of nitrogens with zero attached hydrogens (tertiary/aromatic N) is 2. The predicted molar refractivity (Wildman–Crippen MR) is 107 cm³/mol. The van der Waals surface area contributed by atoms with Crippen LogP contribution in [0, 0.1) is 5.82 Å². The van der Waals surface area contributed by atoms with Crippen LogP contribution in [0.5, 0.6) is 0 Å². The zero-order valence-electron chi connectivity index (χ0n) is 15.3. The number of fused-ring (bicyclic) bond motifs is 3. The predicted octanol–water partition coefficient (Wildman–Crippen LogP) is 4.71. The molecule has 3 aromatic rings. The summed E-state index contributed by atoms with van der Waals surface area (Å²) in [6.07, 6.45) is 0. The maximum atomic E-state index is 13.4. The van der Waals surface area contributed by atoms with Crippen molar-refractivity contribution in [2.45, 2.75) is 12.6 Å². The van der Waals surface area contributed by atoms with Crippen LogP contribution in [0.2, 0.25) is 0 Å². The molecule has 0 N–H and O–H groups in total. The summed E-state index contributed by atoms with van der Waals surface area (Å²) in [5.74, 6) is -0.148. The van der Waals surface area contributed by atoms with Gasteiger partial charge >= 0.3 is 0 Å². The molecule has 2 nitrogen and oxygen atoms in total. The fourth-order valence-electron chi connectivity index (χ4n) is 4.60. The summed E-state index contributed by atoms with van der Waals surface area (Å²) >= 11 is 0. The van der Waals surface area contributed by atoms with Crippen molar-refractivity contribution >= 4 is 0 Å². The first-order valence-corrected chi connectivity index (χ1v) is 9.69. The molecular formula is C24H23FN2. The molecule has 1 aliphatic carbocycles. The second-order valence-corrected chi connectivity index (χ2v) is 7.52. The van der Waals surface area contributed by atoms with Crippen LogP contribution >= 0.6 is 0 Å². The van der Waals surface area contributed by atoms with E-state index in [-0.39, 0.29) is 5.82 Å². The average molecular weight is 358 g/mol. The van der Waals surface area contributed by atoms with Gasteiger partial charge in [-0.25, -0.2) is 4.39 Å². The maximum Gasteiger partial charge on any atom is 0.123 e. The van der Waals surface area contributed by atoms with E-state index in [9.17, 15) is 4.39 Å². The van der Waals surface area contributed by atoms with E-state index in [0.29, 0.717) is 6.04 Å². The number of benzene rings is 3. The van der Waals surface area contributed by atoms with Crippen molar-refractivity contribution in [3.05, 3.63) is 95.3 Å². The van der Waals surface area contributed by atoms with Crippen LogP contribution < -0.4 is 0 Å². The van der Waals surface area contributed by atoms with Crippen molar-refractivity contribution in [2.24, 2.45) is 0 Å². The van der Waals surface area contributed by atoms with Gasteiger partial charge in [-0.2, -0.15) is 0 Å². The molecule has 3 heteroatoms. The molecule has 0 aromatic heterocycles. The minimum absolute atomic E-state index is 0.148. The van der Waals surface area contributed by atoms with Crippen LogP contribution in [0.3, 0.4) is 0 Å². The molecule has 1 heterocycles. The molecular weight excluding hydrogens is 335 g/mol. The Labute approximate surface area is 159 Å². The van der Waals surface area contributed by atoms with Gasteiger partial charge in [0.1, 0.15) is 5.82 Å². The Hall–Kier alpha value is -2.49. The molecule has 3 aromatic carbocycles. The number of hydrogen-bond donors (Lipinski definition) is 0. The SMILES string of the molecule is Fc1cccc(CN2CCN(C3c4ccccc4-c4ccccc43)CC2)c1. The van der Waals surface area contributed by atoms with Gasteiger partial charge in [0.05, 0.1) is 6.04 Å². The average Bonchev–Trinajstić information content (AvgIpc) is 3.03. The lowest BCUT2D eigenvalue weighted by Gasteiger charge is -2.38. The minimum atomic E-state index is -0.148. The highest BCUT2D eigenvalue weighted by Crippen LogP contribution is 2.46. The maximum absolute atomic E-state index is 13.4. The first kappa shape index (κ1) is 16.7. The molecule has 136 valence electrons. The van der Waals surface area contributed by atoms with Crippen LogP contribution in [-0.4, -0.2) is 36.0 Å². The molecule has 0 atom stereocenters. The zero-order chi connectivity index (χ0) is 18.2. The summed E-state index contributed by atoms with van der Waals surface area (Å²) in [4.78, 5) is 5.03. The topological polar surface area (TPSA) is 6.48 Å². The van der Waals surface area contributed by atoms with Crippen LogP contribution in [-0.2, 0) is 6.54 Å². The van der Waals surface area contributed by atoms with Crippen molar-refractivity contribution in [1.29, 1.82) is 0 Å². The highest BCUT2D eigenvalue weighted by Gasteiger charge is 2.33. The van der Waals surface area contributed by atoms with Gasteiger partial charge in [0.2, 0.25) is 0 Å². The Morgan fingerprint density at radius 2 is 1.37 bits per heavy atom. The van der Waals surface area contributed by atoms with Gasteiger partial charge in [0.15, 0.2) is 0 Å². The lowest BCUT2D eigenvalue weighted by molar-refractivity contribution is 0.106. The fourth-order valence-corrected chi connectivity index (χ4v) is 4.60. The van der Waals surface area contributed by atoms with Crippen molar-refractivity contribution in [3.8, 4) is 11.1 Å². The fraction of sp³-hybridized carbons (Fsp3) is 0.250. The molecule has 27 heavy (non-hydrogen) atoms. The summed E-state index contributed by atoms with van der Waals surface area (Å²) in [5, 5.41) is 0. The van der Waals surface area contributed by atoms with Crippen LogP contribution in [0.25, 0.3) is 11.1 Å². The molecule has 1 aliphatic heterocycles. The quantitative estimate of drug-likeness (QED) is 0.669. The number of halogens is 1. The summed E-state index contributed by atoms with van der Waals surface area (Å²) in [6, 6.07) is 24.9. The molecule has 1 fully saturated rings. The minimum Gasteiger partial charge on any atom is -0.297 e. The van der Waals surface area contributed by atoms with E-state index in [1.54, 1.807) is 12.1 Å². The first-order valence-electron chi connectivity index (χ1n) is 9.69. The Morgan fingerprint density at radius 3 is 2.00 bits per heavy atom. The van der Waals surface area contributed by atoms with E-state index in [1.165, 1.54) is 28.3 Å². The molecule has 5 rings (SSSR count). The van der Waals surface area contributed by atoms with Gasteiger partial charge in [-0.15, -0.1) is 0 Å². The third-order valence-corrected chi connectivity index (χ3v) is 5.87. The number of rotatable bonds is 3. The molecule has 1 saturated heterocycles. The summed E-state index contributed by atoms with van der Waals surface area (Å²) in [6.45, 7) is 4.91. The first-order chi connectivity index (χ1) is 13.3. The van der Waals surface area contributed by atoms with Gasteiger partial charge < -0.3 is 0 Å². The number of piperazine rings is 1. The van der Waals surface area contributed by atoms with Crippen LogP contribution in [0.4, 0.5) is 4.39 Å². The lowest BCUT2D eigenvalue weighted by Crippen LogP contribution is -2.47. The van der Waals surface area contributed by atoms with Gasteiger partial charge in [-0.3, -0.25) is 9.80 Å². The van der Waals surface area contributed by atoms with Crippen molar-refractivity contribution in [1.82, 2.24) is 9.80 Å². The third-order valence-electron chi connectivity index (χ3n) is 5.87. The van der Waals surface area contributed by atoms with Gasteiger partial charge in [-0.05, 0) is 39.9 Å². The van der Waals surface area contributed by atoms with E-state index >= 15 is 0 Å². The second kappa shape index (κ2) is 6.91. The van der Waals surface area contributed by atoms with Gasteiger partial charge in [0.25, 0.3) is 0 Å². The smallest absolute Gasteiger partial charge is 0.123 e. The Balaban J connectivity index is 1.34. The van der Waals surface area contributed by atoms with E-state index in [4.69, 9.17) is 0 Å². The third kappa shape index (κ3) is 3.07. The van der Waals surface area contributed by atoms with Crippen LogP contribution in [0.15, 0.2) is 72.8 Å². The zero-order valence-corrected chi connectivity index (χ0v) is 15.3. The lowest BCUT2D eigenvalue weighted by atomic mass is 10.0. The standard InChI is InChI=1S/C24H23FN2/c25-19-7-5-6-18(16-19)17-26-12-14-27(15-13-26)24-22-10-3-1-8-20(22)21-9-2-4-11-23(21)24/h1-11,16,24H,12-15,17H2. The molecule has 0 spiro atoms. The highest BCUT2D eigenvalue weighted by atomic mass is 19.1. The summed E-state index contributed by atoms with van der Waals surface area (Å²) < 4.78 is 13.4. The van der Waals surface area contributed by atoms with Gasteiger partial charge in [-0.1, -0.05) is 60.7 Å². The van der Waals surface area contributed by atoms with Crippen molar-refractivity contribution < 1.29 is 4.39 Å². The van der Waals surface area contributed by atoms with E-state index in [2.05, 4.69) is 58.3 Å². The van der Waals surface area contributed by atoms with Gasteiger partial charge in [0, 0.05) is 32.7 Å². The van der Waals surface area contributed by atoms with Crippen molar-refractivity contribution in [2.75, 3.05) is 26.2 Å². The van der Waals surface area contributed by atoms with E-state index in [0.717, 1.165) is 38.3 Å². The summed E-state index contributed by atoms with van der Waals surface area (Å²) in [7, 11) is 0. The molecule has 2 aliphatic rings. The second-order valence-electron chi connectivity index (χ2n) is 7.52. The molecule has 0 unspecified atom stereocenters. The monoisotopic (exact) mass is 358 g/mol. The molecule has 0 radical (unpaired) electrons.